The Hall–Kier alpha value is -1.94. The molecule has 0 bridgehead atoms. The van der Waals surface area contributed by atoms with Gasteiger partial charge in [0, 0.05) is 0 Å². The van der Waals surface area contributed by atoms with Gasteiger partial charge in [0.05, 0.1) is 0 Å². The van der Waals surface area contributed by atoms with Crippen molar-refractivity contribution < 1.29 is 14.3 Å². The minimum atomic E-state index is 0.129. The van der Waals surface area contributed by atoms with E-state index in [4.69, 9.17) is 9.15 Å². The lowest BCUT2D eigenvalue weighted by Crippen LogP contribution is -1.94. The molecule has 1 aromatic heterocycles. The summed E-state index contributed by atoms with van der Waals surface area (Å²) in [5.74, 6) is 1.27. The fourth-order valence-electron chi connectivity index (χ4n) is 1.90. The second-order valence-corrected chi connectivity index (χ2v) is 4.94. The summed E-state index contributed by atoms with van der Waals surface area (Å²) in [7, 11) is 0. The van der Waals surface area contributed by atoms with Gasteiger partial charge in [0.15, 0.2) is 16.2 Å². The quantitative estimate of drug-likeness (QED) is 0.774. The molecule has 96 valence electrons. The number of aromatic hydroxyl groups is 1. The number of furan rings is 1. The molecule has 2 aromatic carbocycles. The van der Waals surface area contributed by atoms with Crippen molar-refractivity contribution in [3.05, 3.63) is 59.0 Å². The van der Waals surface area contributed by atoms with Crippen molar-refractivity contribution in [3.8, 4) is 11.5 Å². The molecule has 0 amide bonds. The molecule has 1 heterocycles. The van der Waals surface area contributed by atoms with Crippen LogP contribution < -0.4 is 4.74 Å². The predicted molar refractivity (Wildman–Crippen MR) is 76.4 cm³/mol. The van der Waals surface area contributed by atoms with Crippen molar-refractivity contribution in [2.75, 3.05) is 0 Å². The number of hydrogen-bond donors (Lipinski definition) is 1. The van der Waals surface area contributed by atoms with Crippen molar-refractivity contribution in [1.82, 2.24) is 0 Å². The van der Waals surface area contributed by atoms with Crippen LogP contribution in [0.15, 0.2) is 57.6 Å². The SMILES string of the molecule is Oc1cc2ccccc2cc1OCc1ccc(Br)o1. The zero-order valence-electron chi connectivity index (χ0n) is 9.97. The fourth-order valence-corrected chi connectivity index (χ4v) is 2.24. The Bertz CT molecular complexity index is 718. The molecular weight excluding hydrogens is 308 g/mol. The van der Waals surface area contributed by atoms with E-state index in [1.54, 1.807) is 12.1 Å². The van der Waals surface area contributed by atoms with E-state index in [2.05, 4.69) is 15.9 Å². The Morgan fingerprint density at radius 1 is 1.05 bits per heavy atom. The standard InChI is InChI=1S/C15H11BrO3/c16-15-6-5-12(19-15)9-18-14-8-11-4-2-1-3-10(11)7-13(14)17/h1-8,17H,9H2. The second kappa shape index (κ2) is 4.97. The van der Waals surface area contributed by atoms with E-state index in [-0.39, 0.29) is 12.4 Å². The smallest absolute Gasteiger partial charge is 0.169 e. The molecule has 3 nitrogen and oxygen atoms in total. The third-order valence-electron chi connectivity index (χ3n) is 2.83. The van der Waals surface area contributed by atoms with Crippen LogP contribution in [-0.4, -0.2) is 5.11 Å². The lowest BCUT2D eigenvalue weighted by Gasteiger charge is -2.08. The molecule has 3 aromatic rings. The van der Waals surface area contributed by atoms with E-state index in [1.165, 1.54) is 0 Å². The summed E-state index contributed by atoms with van der Waals surface area (Å²) in [4.78, 5) is 0. The van der Waals surface area contributed by atoms with E-state index in [9.17, 15) is 5.11 Å². The number of hydrogen-bond acceptors (Lipinski definition) is 3. The van der Waals surface area contributed by atoms with E-state index >= 15 is 0 Å². The molecule has 0 aliphatic carbocycles. The van der Waals surface area contributed by atoms with Gasteiger partial charge in [0.2, 0.25) is 0 Å². The molecule has 0 fully saturated rings. The number of phenols is 1. The maximum absolute atomic E-state index is 9.93. The summed E-state index contributed by atoms with van der Waals surface area (Å²) in [5.41, 5.74) is 0. The maximum atomic E-state index is 9.93. The largest absolute Gasteiger partial charge is 0.504 e. The number of ether oxygens (including phenoxy) is 1. The molecule has 0 radical (unpaired) electrons. The van der Waals surface area contributed by atoms with Crippen LogP contribution >= 0.6 is 15.9 Å². The molecule has 3 rings (SSSR count). The molecule has 0 unspecified atom stereocenters. The molecule has 0 aliphatic heterocycles. The van der Waals surface area contributed by atoms with Crippen LogP contribution in [0, 0.1) is 0 Å². The Labute approximate surface area is 118 Å². The van der Waals surface area contributed by atoms with Gasteiger partial charge in [-0.05, 0) is 51.0 Å². The Kier molecular flexibility index (Phi) is 3.17. The zero-order valence-corrected chi connectivity index (χ0v) is 11.6. The first-order valence-corrected chi connectivity index (χ1v) is 6.60. The molecule has 4 heteroatoms. The molecule has 0 saturated heterocycles. The van der Waals surface area contributed by atoms with Gasteiger partial charge >= 0.3 is 0 Å². The Morgan fingerprint density at radius 3 is 2.47 bits per heavy atom. The molecule has 0 atom stereocenters. The third-order valence-corrected chi connectivity index (χ3v) is 3.25. The van der Waals surface area contributed by atoms with Crippen LogP contribution in [0.25, 0.3) is 10.8 Å². The molecule has 19 heavy (non-hydrogen) atoms. The third kappa shape index (κ3) is 2.58. The van der Waals surface area contributed by atoms with Crippen LogP contribution in [0.2, 0.25) is 0 Å². The highest BCUT2D eigenvalue weighted by atomic mass is 79.9. The zero-order chi connectivity index (χ0) is 13.2. The number of halogens is 1. The van der Waals surface area contributed by atoms with E-state index in [0.29, 0.717) is 16.2 Å². The topological polar surface area (TPSA) is 42.6 Å². The molecule has 1 N–H and O–H groups in total. The highest BCUT2D eigenvalue weighted by Crippen LogP contribution is 2.32. The van der Waals surface area contributed by atoms with Gasteiger partial charge < -0.3 is 14.3 Å². The number of benzene rings is 2. The van der Waals surface area contributed by atoms with Crippen molar-refractivity contribution in [2.45, 2.75) is 6.61 Å². The number of phenolic OH excluding ortho intramolecular Hbond substituents is 1. The summed E-state index contributed by atoms with van der Waals surface area (Å²) < 4.78 is 11.6. The summed E-state index contributed by atoms with van der Waals surface area (Å²) in [6.07, 6.45) is 0. The van der Waals surface area contributed by atoms with Gasteiger partial charge in [-0.3, -0.25) is 0 Å². The van der Waals surface area contributed by atoms with Crippen LogP contribution in [0.3, 0.4) is 0 Å². The maximum Gasteiger partial charge on any atom is 0.169 e. The predicted octanol–water partition coefficient (Wildman–Crippen LogP) is 4.48. The van der Waals surface area contributed by atoms with Gasteiger partial charge in [0.1, 0.15) is 12.4 Å². The Morgan fingerprint density at radius 2 is 1.79 bits per heavy atom. The fraction of sp³-hybridized carbons (Fsp3) is 0.0667. The van der Waals surface area contributed by atoms with E-state index in [1.807, 2.05) is 36.4 Å². The van der Waals surface area contributed by atoms with Gasteiger partial charge in [-0.1, -0.05) is 24.3 Å². The number of fused-ring (bicyclic) bond motifs is 1. The van der Waals surface area contributed by atoms with Crippen molar-refractivity contribution in [2.24, 2.45) is 0 Å². The monoisotopic (exact) mass is 318 g/mol. The van der Waals surface area contributed by atoms with Crippen molar-refractivity contribution in [1.29, 1.82) is 0 Å². The summed E-state index contributed by atoms with van der Waals surface area (Å²) in [5, 5.41) is 11.9. The average Bonchev–Trinajstić information content (AvgIpc) is 2.82. The highest BCUT2D eigenvalue weighted by Gasteiger charge is 2.07. The van der Waals surface area contributed by atoms with Crippen molar-refractivity contribution >= 4 is 26.7 Å². The summed E-state index contributed by atoms with van der Waals surface area (Å²) in [6, 6.07) is 15.0. The van der Waals surface area contributed by atoms with Gasteiger partial charge in [-0.15, -0.1) is 0 Å². The first-order chi connectivity index (χ1) is 9.22. The lowest BCUT2D eigenvalue weighted by atomic mass is 10.1. The van der Waals surface area contributed by atoms with Crippen LogP contribution in [0.1, 0.15) is 5.76 Å². The molecule has 0 spiro atoms. The van der Waals surface area contributed by atoms with E-state index in [0.717, 1.165) is 10.8 Å². The Balaban J connectivity index is 1.86. The van der Waals surface area contributed by atoms with Crippen LogP contribution in [0.4, 0.5) is 0 Å². The van der Waals surface area contributed by atoms with Gasteiger partial charge in [-0.25, -0.2) is 0 Å². The van der Waals surface area contributed by atoms with Crippen molar-refractivity contribution in [3.63, 3.8) is 0 Å². The molecular formula is C15H11BrO3. The van der Waals surface area contributed by atoms with Crippen LogP contribution in [0.5, 0.6) is 11.5 Å². The summed E-state index contributed by atoms with van der Waals surface area (Å²) >= 11 is 3.23. The van der Waals surface area contributed by atoms with Crippen LogP contribution in [-0.2, 0) is 6.61 Å². The average molecular weight is 319 g/mol. The molecule has 0 aliphatic rings. The van der Waals surface area contributed by atoms with E-state index < -0.39 is 0 Å². The molecule has 0 saturated carbocycles. The lowest BCUT2D eigenvalue weighted by molar-refractivity contribution is 0.257. The first-order valence-electron chi connectivity index (χ1n) is 5.81. The normalized spacial score (nSPS) is 10.8. The summed E-state index contributed by atoms with van der Waals surface area (Å²) in [6.45, 7) is 0.275. The highest BCUT2D eigenvalue weighted by molar-refractivity contribution is 9.10. The minimum absolute atomic E-state index is 0.129. The minimum Gasteiger partial charge on any atom is -0.504 e. The van der Waals surface area contributed by atoms with Gasteiger partial charge in [0.25, 0.3) is 0 Å². The van der Waals surface area contributed by atoms with Gasteiger partial charge in [-0.2, -0.15) is 0 Å². The first kappa shape index (κ1) is 12.1. The second-order valence-electron chi connectivity index (χ2n) is 4.16. The number of rotatable bonds is 3.